The maximum atomic E-state index is 12.0. The molecule has 0 unspecified atom stereocenters. The summed E-state index contributed by atoms with van der Waals surface area (Å²) in [7, 11) is 0. The zero-order chi connectivity index (χ0) is 23.3. The molecule has 0 bridgehead atoms. The van der Waals surface area contributed by atoms with Crippen molar-refractivity contribution in [1.29, 1.82) is 0 Å². The number of hydrogen-bond donors (Lipinski definition) is 4. The summed E-state index contributed by atoms with van der Waals surface area (Å²) >= 11 is 0. The van der Waals surface area contributed by atoms with Crippen molar-refractivity contribution in [3.63, 3.8) is 0 Å². The van der Waals surface area contributed by atoms with E-state index in [4.69, 9.17) is 5.11 Å². The van der Waals surface area contributed by atoms with Gasteiger partial charge in [0.05, 0.1) is 12.2 Å². The molecule has 0 heterocycles. The Kier molecular flexibility index (Phi) is 6.68. The predicted molar refractivity (Wildman–Crippen MR) is 122 cm³/mol. The van der Waals surface area contributed by atoms with Gasteiger partial charge in [-0.05, 0) is 104 Å². The van der Waals surface area contributed by atoms with Gasteiger partial charge in [0.15, 0.2) is 0 Å². The maximum absolute atomic E-state index is 12.0. The number of fused-ring (bicyclic) bond motifs is 5. The number of aliphatic hydroxyl groups is 2. The lowest BCUT2D eigenvalue weighted by Crippen LogP contribution is -2.58. The van der Waals surface area contributed by atoms with Crippen LogP contribution >= 0.6 is 0 Å². The molecule has 0 aliphatic heterocycles. The van der Waals surface area contributed by atoms with Gasteiger partial charge in [-0.2, -0.15) is 0 Å². The molecule has 10 atom stereocenters. The third-order valence-corrected chi connectivity index (χ3v) is 10.7. The first-order valence-electron chi connectivity index (χ1n) is 12.9. The van der Waals surface area contributed by atoms with Gasteiger partial charge in [-0.1, -0.05) is 20.8 Å². The second-order valence-corrected chi connectivity index (χ2v) is 12.1. The molecule has 0 aromatic rings. The molecule has 4 rings (SSSR count). The van der Waals surface area contributed by atoms with E-state index in [0.29, 0.717) is 41.9 Å². The number of amides is 1. The summed E-state index contributed by atoms with van der Waals surface area (Å²) in [5.41, 5.74) is 0.451. The van der Waals surface area contributed by atoms with Crippen LogP contribution in [0.4, 0.5) is 0 Å². The number of aliphatic carboxylic acids is 1. The molecule has 4 N–H and O–H groups in total. The largest absolute Gasteiger partial charge is 0.480 e. The molecule has 1 amide bonds. The van der Waals surface area contributed by atoms with Crippen molar-refractivity contribution < 1.29 is 24.9 Å². The first-order valence-corrected chi connectivity index (χ1v) is 12.9. The molecule has 4 fully saturated rings. The number of carbonyl (C=O) groups is 2. The van der Waals surface area contributed by atoms with Crippen LogP contribution in [-0.2, 0) is 9.59 Å². The predicted octanol–water partition coefficient (Wildman–Crippen LogP) is 3.59. The summed E-state index contributed by atoms with van der Waals surface area (Å²) in [5.74, 6) is 1.66. The van der Waals surface area contributed by atoms with Gasteiger partial charge in [0.2, 0.25) is 5.91 Å². The third-order valence-electron chi connectivity index (χ3n) is 10.7. The Morgan fingerprint density at radius 1 is 1.00 bits per heavy atom. The van der Waals surface area contributed by atoms with Gasteiger partial charge in [0, 0.05) is 6.42 Å². The first kappa shape index (κ1) is 24.0. The summed E-state index contributed by atoms with van der Waals surface area (Å²) in [6.07, 6.45) is 9.06. The quantitative estimate of drug-likeness (QED) is 0.496. The van der Waals surface area contributed by atoms with Gasteiger partial charge in [-0.25, -0.2) is 0 Å². The van der Waals surface area contributed by atoms with Gasteiger partial charge in [-0.3, -0.25) is 9.59 Å². The maximum Gasteiger partial charge on any atom is 0.322 e. The average molecular weight is 450 g/mol. The van der Waals surface area contributed by atoms with Crippen LogP contribution in [0.15, 0.2) is 0 Å². The van der Waals surface area contributed by atoms with E-state index in [-0.39, 0.29) is 35.5 Å². The van der Waals surface area contributed by atoms with Crippen molar-refractivity contribution >= 4 is 11.9 Å². The molecule has 6 heteroatoms. The lowest BCUT2D eigenvalue weighted by atomic mass is 9.43. The van der Waals surface area contributed by atoms with E-state index in [2.05, 4.69) is 26.1 Å². The minimum atomic E-state index is -1.01. The van der Waals surface area contributed by atoms with Crippen LogP contribution in [-0.4, -0.2) is 45.9 Å². The summed E-state index contributed by atoms with van der Waals surface area (Å²) in [5, 5.41) is 32.8. The van der Waals surface area contributed by atoms with Crippen molar-refractivity contribution in [3.05, 3.63) is 0 Å². The normalized spacial score (nSPS) is 46.5. The number of rotatable bonds is 6. The zero-order valence-corrected chi connectivity index (χ0v) is 20.1. The highest BCUT2D eigenvalue weighted by atomic mass is 16.4. The van der Waals surface area contributed by atoms with E-state index in [0.717, 1.165) is 44.9 Å². The Labute approximate surface area is 192 Å². The van der Waals surface area contributed by atoms with Crippen LogP contribution in [0.25, 0.3) is 0 Å². The fourth-order valence-electron chi connectivity index (χ4n) is 9.00. The second kappa shape index (κ2) is 8.90. The van der Waals surface area contributed by atoms with Gasteiger partial charge in [0.25, 0.3) is 0 Å². The summed E-state index contributed by atoms with van der Waals surface area (Å²) in [6, 6.07) is 0. The smallest absolute Gasteiger partial charge is 0.322 e. The van der Waals surface area contributed by atoms with Gasteiger partial charge >= 0.3 is 5.97 Å². The number of aliphatic hydroxyl groups excluding tert-OH is 2. The van der Waals surface area contributed by atoms with Crippen LogP contribution in [0.5, 0.6) is 0 Å². The number of nitrogens with one attached hydrogen (secondary N) is 1. The van der Waals surface area contributed by atoms with Gasteiger partial charge in [-0.15, -0.1) is 0 Å². The number of hydrogen-bond acceptors (Lipinski definition) is 4. The van der Waals surface area contributed by atoms with Crippen LogP contribution in [0.1, 0.15) is 85.0 Å². The zero-order valence-electron chi connectivity index (χ0n) is 20.1. The Morgan fingerprint density at radius 2 is 1.69 bits per heavy atom. The van der Waals surface area contributed by atoms with Crippen LogP contribution in [0, 0.1) is 46.3 Å². The Bertz CT molecular complexity index is 727. The number of carbonyl (C=O) groups excluding carboxylic acids is 1. The van der Waals surface area contributed by atoms with Crippen LogP contribution in [0.3, 0.4) is 0 Å². The highest BCUT2D eigenvalue weighted by molar-refractivity contribution is 5.81. The molecule has 182 valence electrons. The van der Waals surface area contributed by atoms with Gasteiger partial charge in [0.1, 0.15) is 6.54 Å². The molecule has 32 heavy (non-hydrogen) atoms. The van der Waals surface area contributed by atoms with Crippen LogP contribution in [0.2, 0.25) is 0 Å². The second-order valence-electron chi connectivity index (χ2n) is 12.1. The first-order chi connectivity index (χ1) is 15.1. The molecule has 0 aromatic carbocycles. The standard InChI is InChI=1S/C26H43NO5/c1-15(4-7-22(30)27-14-23(31)32)18-5-6-19-24-20(9-11-26(18,19)3)25(2)10-8-17(28)12-16(25)13-21(24)29/h15-21,24,28-29H,4-14H2,1-3H3,(H,27,30)(H,31,32)/t15-,16+,17-,18-,19+,20-,21-,24+,25+,26-/m1/s1. The highest BCUT2D eigenvalue weighted by Gasteiger charge is 2.62. The molecule has 4 aliphatic carbocycles. The summed E-state index contributed by atoms with van der Waals surface area (Å²) in [4.78, 5) is 22.7. The average Bonchev–Trinajstić information content (AvgIpc) is 3.09. The van der Waals surface area contributed by atoms with Crippen molar-refractivity contribution in [2.75, 3.05) is 6.54 Å². The SMILES string of the molecule is C[C@H](CCC(=O)NCC(=O)O)[C@H]1CC[C@H]2[C@@H]3[C@H](O)C[C@@H]4C[C@H](O)CC[C@]4(C)[C@@H]3CC[C@]12C. The molecule has 6 nitrogen and oxygen atoms in total. The fraction of sp³-hybridized carbons (Fsp3) is 0.923. The highest BCUT2D eigenvalue weighted by Crippen LogP contribution is 2.68. The lowest BCUT2D eigenvalue weighted by molar-refractivity contribution is -0.174. The van der Waals surface area contributed by atoms with Crippen molar-refractivity contribution in [2.45, 2.75) is 97.2 Å². The topological polar surface area (TPSA) is 107 Å². The molecule has 0 aromatic heterocycles. The van der Waals surface area contributed by atoms with E-state index < -0.39 is 5.97 Å². The van der Waals surface area contributed by atoms with Crippen molar-refractivity contribution in [1.82, 2.24) is 5.32 Å². The van der Waals surface area contributed by atoms with Crippen molar-refractivity contribution in [2.24, 2.45) is 46.3 Å². The van der Waals surface area contributed by atoms with Gasteiger partial charge < -0.3 is 20.6 Å². The van der Waals surface area contributed by atoms with E-state index in [1.807, 2.05) is 0 Å². The Morgan fingerprint density at radius 3 is 2.41 bits per heavy atom. The molecular formula is C26H43NO5. The lowest BCUT2D eigenvalue weighted by Gasteiger charge is -2.62. The monoisotopic (exact) mass is 449 g/mol. The van der Waals surface area contributed by atoms with Crippen molar-refractivity contribution in [3.8, 4) is 0 Å². The van der Waals surface area contributed by atoms with E-state index in [1.54, 1.807) is 0 Å². The summed E-state index contributed by atoms with van der Waals surface area (Å²) in [6.45, 7) is 6.83. The molecule has 4 aliphatic rings. The third kappa shape index (κ3) is 4.11. The molecule has 0 radical (unpaired) electrons. The molecular weight excluding hydrogens is 406 g/mol. The molecule has 0 spiro atoms. The number of carboxylic acids is 1. The fourth-order valence-corrected chi connectivity index (χ4v) is 9.00. The van der Waals surface area contributed by atoms with E-state index in [9.17, 15) is 19.8 Å². The molecule has 4 saturated carbocycles. The molecule has 0 saturated heterocycles. The Balaban J connectivity index is 1.44. The van der Waals surface area contributed by atoms with E-state index >= 15 is 0 Å². The minimum absolute atomic E-state index is 0.177. The minimum Gasteiger partial charge on any atom is -0.480 e. The number of carboxylic acid groups (broad SMARTS) is 1. The summed E-state index contributed by atoms with van der Waals surface area (Å²) < 4.78 is 0. The Hall–Kier alpha value is -1.14. The van der Waals surface area contributed by atoms with Crippen LogP contribution < -0.4 is 5.32 Å². The van der Waals surface area contributed by atoms with E-state index in [1.165, 1.54) is 12.8 Å².